The fourth-order valence-corrected chi connectivity index (χ4v) is 1.73. The molecular weight excluding hydrogens is 270 g/mol. The normalized spacial score (nSPS) is 10.1. The van der Waals surface area contributed by atoms with Gasteiger partial charge in [0.1, 0.15) is 4.60 Å². The summed E-state index contributed by atoms with van der Waals surface area (Å²) in [6, 6.07) is 5.37. The van der Waals surface area contributed by atoms with E-state index in [0.29, 0.717) is 16.7 Å². The van der Waals surface area contributed by atoms with Crippen LogP contribution in [-0.4, -0.2) is 15.9 Å². The van der Waals surface area contributed by atoms with Crippen molar-refractivity contribution in [1.29, 1.82) is 0 Å². The first-order chi connectivity index (χ1) is 7.77. The Kier molecular flexibility index (Phi) is 3.36. The van der Waals surface area contributed by atoms with Gasteiger partial charge in [0.15, 0.2) is 0 Å². The number of amides is 1. The molecule has 1 amide bonds. The smallest absolute Gasteiger partial charge is 0.254 e. The standard InChI is InChI=1S/C11H10BrN3O/c12-10-9(2-1-4-14-10)11(16)15-7-8-3-5-13-6-8/h1-6,13H,7H2,(H,15,16). The van der Waals surface area contributed by atoms with E-state index in [1.165, 1.54) is 0 Å². The molecule has 2 rings (SSSR count). The van der Waals surface area contributed by atoms with Crippen molar-refractivity contribution in [2.24, 2.45) is 0 Å². The Balaban J connectivity index is 2.01. The van der Waals surface area contributed by atoms with E-state index < -0.39 is 0 Å². The molecule has 0 atom stereocenters. The van der Waals surface area contributed by atoms with E-state index in [9.17, 15) is 4.79 Å². The van der Waals surface area contributed by atoms with E-state index in [1.807, 2.05) is 18.5 Å². The molecule has 5 heteroatoms. The lowest BCUT2D eigenvalue weighted by Crippen LogP contribution is -2.23. The van der Waals surface area contributed by atoms with E-state index >= 15 is 0 Å². The van der Waals surface area contributed by atoms with Crippen molar-refractivity contribution in [2.45, 2.75) is 6.54 Å². The van der Waals surface area contributed by atoms with Gasteiger partial charge in [-0.1, -0.05) is 0 Å². The summed E-state index contributed by atoms with van der Waals surface area (Å²) in [5.74, 6) is -0.138. The van der Waals surface area contributed by atoms with Gasteiger partial charge in [-0.3, -0.25) is 4.79 Å². The minimum Gasteiger partial charge on any atom is -0.367 e. The topological polar surface area (TPSA) is 57.8 Å². The van der Waals surface area contributed by atoms with Crippen LogP contribution in [0.25, 0.3) is 0 Å². The number of pyridine rings is 1. The van der Waals surface area contributed by atoms with Crippen molar-refractivity contribution in [3.8, 4) is 0 Å². The summed E-state index contributed by atoms with van der Waals surface area (Å²) >= 11 is 3.24. The molecule has 0 aliphatic carbocycles. The van der Waals surface area contributed by atoms with Gasteiger partial charge in [-0.05, 0) is 39.7 Å². The molecule has 0 radical (unpaired) electrons. The molecule has 2 aromatic rings. The lowest BCUT2D eigenvalue weighted by molar-refractivity contribution is 0.0949. The fraction of sp³-hybridized carbons (Fsp3) is 0.0909. The van der Waals surface area contributed by atoms with Crippen molar-refractivity contribution < 1.29 is 4.79 Å². The van der Waals surface area contributed by atoms with Gasteiger partial charge in [0.2, 0.25) is 0 Å². The van der Waals surface area contributed by atoms with Crippen LogP contribution in [0.1, 0.15) is 15.9 Å². The minimum absolute atomic E-state index is 0.138. The highest BCUT2D eigenvalue weighted by atomic mass is 79.9. The quantitative estimate of drug-likeness (QED) is 0.846. The average Bonchev–Trinajstić information content (AvgIpc) is 2.79. The summed E-state index contributed by atoms with van der Waals surface area (Å²) in [5, 5.41) is 2.81. The molecule has 2 aromatic heterocycles. The summed E-state index contributed by atoms with van der Waals surface area (Å²) in [6.07, 6.45) is 5.30. The maximum atomic E-state index is 11.8. The van der Waals surface area contributed by atoms with E-state index in [4.69, 9.17) is 0 Å². The molecule has 82 valence electrons. The van der Waals surface area contributed by atoms with E-state index in [0.717, 1.165) is 5.56 Å². The second kappa shape index (κ2) is 4.94. The predicted octanol–water partition coefficient (Wildman–Crippen LogP) is 2.10. The first kappa shape index (κ1) is 10.9. The molecule has 2 heterocycles. The zero-order valence-electron chi connectivity index (χ0n) is 8.40. The maximum Gasteiger partial charge on any atom is 0.254 e. The number of carbonyl (C=O) groups is 1. The number of nitrogens with zero attached hydrogens (tertiary/aromatic N) is 1. The molecule has 0 spiro atoms. The molecule has 0 aromatic carbocycles. The molecule has 0 aliphatic rings. The number of hydrogen-bond donors (Lipinski definition) is 2. The molecule has 4 nitrogen and oxygen atoms in total. The number of H-pyrrole nitrogens is 1. The monoisotopic (exact) mass is 279 g/mol. The summed E-state index contributed by atoms with van der Waals surface area (Å²) in [5.41, 5.74) is 1.58. The van der Waals surface area contributed by atoms with Crippen molar-refractivity contribution in [3.63, 3.8) is 0 Å². The van der Waals surface area contributed by atoms with Crippen molar-refractivity contribution >= 4 is 21.8 Å². The lowest BCUT2D eigenvalue weighted by Gasteiger charge is -2.04. The third kappa shape index (κ3) is 2.49. The number of rotatable bonds is 3. The summed E-state index contributed by atoms with van der Waals surface area (Å²) in [4.78, 5) is 18.7. The molecular formula is C11H10BrN3O. The van der Waals surface area contributed by atoms with Crippen molar-refractivity contribution in [1.82, 2.24) is 15.3 Å². The fourth-order valence-electron chi connectivity index (χ4n) is 1.30. The van der Waals surface area contributed by atoms with Gasteiger partial charge in [-0.2, -0.15) is 0 Å². The van der Waals surface area contributed by atoms with Crippen LogP contribution in [0.3, 0.4) is 0 Å². The van der Waals surface area contributed by atoms with E-state index in [2.05, 4.69) is 31.2 Å². The average molecular weight is 280 g/mol. The zero-order chi connectivity index (χ0) is 11.4. The Morgan fingerprint density at radius 2 is 2.38 bits per heavy atom. The Labute approximate surface area is 101 Å². The van der Waals surface area contributed by atoms with Crippen LogP contribution in [0.4, 0.5) is 0 Å². The van der Waals surface area contributed by atoms with Gasteiger partial charge < -0.3 is 10.3 Å². The summed E-state index contributed by atoms with van der Waals surface area (Å²) in [7, 11) is 0. The lowest BCUT2D eigenvalue weighted by atomic mass is 10.2. The number of nitrogens with one attached hydrogen (secondary N) is 2. The van der Waals surface area contributed by atoms with Crippen LogP contribution >= 0.6 is 15.9 Å². The van der Waals surface area contributed by atoms with Gasteiger partial charge in [0, 0.05) is 25.1 Å². The highest BCUT2D eigenvalue weighted by Crippen LogP contribution is 2.12. The largest absolute Gasteiger partial charge is 0.367 e. The van der Waals surface area contributed by atoms with Gasteiger partial charge in [0.25, 0.3) is 5.91 Å². The highest BCUT2D eigenvalue weighted by Gasteiger charge is 2.09. The third-order valence-corrected chi connectivity index (χ3v) is 2.75. The van der Waals surface area contributed by atoms with Crippen LogP contribution in [0.5, 0.6) is 0 Å². The first-order valence-corrected chi connectivity index (χ1v) is 5.57. The number of aromatic nitrogens is 2. The summed E-state index contributed by atoms with van der Waals surface area (Å²) in [6.45, 7) is 0.504. The van der Waals surface area contributed by atoms with Crippen LogP contribution in [-0.2, 0) is 6.54 Å². The maximum absolute atomic E-state index is 11.8. The minimum atomic E-state index is -0.138. The van der Waals surface area contributed by atoms with Gasteiger partial charge in [-0.25, -0.2) is 4.98 Å². The molecule has 0 saturated heterocycles. The summed E-state index contributed by atoms with van der Waals surface area (Å²) < 4.78 is 0.557. The van der Waals surface area contributed by atoms with Crippen LogP contribution in [0.15, 0.2) is 41.4 Å². The number of carbonyl (C=O) groups excluding carboxylic acids is 1. The van der Waals surface area contributed by atoms with Crippen LogP contribution in [0, 0.1) is 0 Å². The zero-order valence-corrected chi connectivity index (χ0v) is 9.99. The Bertz CT molecular complexity index is 482. The molecule has 0 aliphatic heterocycles. The number of hydrogen-bond acceptors (Lipinski definition) is 2. The predicted molar refractivity (Wildman–Crippen MR) is 63.9 cm³/mol. The van der Waals surface area contributed by atoms with E-state index in [-0.39, 0.29) is 5.91 Å². The van der Waals surface area contributed by atoms with Crippen LogP contribution < -0.4 is 5.32 Å². The van der Waals surface area contributed by atoms with Gasteiger partial charge in [-0.15, -0.1) is 0 Å². The molecule has 0 saturated carbocycles. The molecule has 0 bridgehead atoms. The molecule has 2 N–H and O–H groups in total. The Morgan fingerprint density at radius 3 is 3.06 bits per heavy atom. The highest BCUT2D eigenvalue weighted by molar-refractivity contribution is 9.10. The molecule has 16 heavy (non-hydrogen) atoms. The SMILES string of the molecule is O=C(NCc1cc[nH]c1)c1cccnc1Br. The van der Waals surface area contributed by atoms with E-state index in [1.54, 1.807) is 18.3 Å². The second-order valence-electron chi connectivity index (χ2n) is 3.24. The third-order valence-electron chi connectivity index (χ3n) is 2.12. The van der Waals surface area contributed by atoms with Crippen molar-refractivity contribution in [3.05, 3.63) is 52.5 Å². The van der Waals surface area contributed by atoms with Gasteiger partial charge in [0.05, 0.1) is 5.56 Å². The Hall–Kier alpha value is -1.62. The molecule has 0 fully saturated rings. The first-order valence-electron chi connectivity index (χ1n) is 4.78. The van der Waals surface area contributed by atoms with Crippen LogP contribution in [0.2, 0.25) is 0 Å². The number of aromatic amines is 1. The Morgan fingerprint density at radius 1 is 1.50 bits per heavy atom. The van der Waals surface area contributed by atoms with Gasteiger partial charge >= 0.3 is 0 Å². The molecule has 0 unspecified atom stereocenters. The van der Waals surface area contributed by atoms with Crippen molar-refractivity contribution in [2.75, 3.05) is 0 Å². The number of halogens is 1. The second-order valence-corrected chi connectivity index (χ2v) is 3.99.